The highest BCUT2D eigenvalue weighted by molar-refractivity contribution is 7.89. The van der Waals surface area contributed by atoms with Crippen LogP contribution in [0.25, 0.3) is 21.5 Å². The second-order valence-electron chi connectivity index (χ2n) is 8.43. The zero-order valence-corrected chi connectivity index (χ0v) is 21.1. The summed E-state index contributed by atoms with van der Waals surface area (Å²) in [6.45, 7) is 2.74. The Morgan fingerprint density at radius 3 is 2.35 bits per heavy atom. The molecule has 37 heavy (non-hydrogen) atoms. The number of sulfonamides is 1. The molecule has 186 valence electrons. The molecular weight excluding hydrogens is 484 g/mol. The molecule has 0 fully saturated rings. The first-order chi connectivity index (χ1) is 18.0. The van der Waals surface area contributed by atoms with Gasteiger partial charge in [0.25, 0.3) is 10.0 Å². The van der Waals surface area contributed by atoms with E-state index in [1.807, 2.05) is 55.5 Å². The molecular formula is C30H26N2O4S. The topological polar surface area (TPSA) is 77.0 Å². The number of fused-ring (bicyclic) bond motifs is 2. The number of nitrogens with one attached hydrogen (secondary N) is 1. The first-order valence-corrected chi connectivity index (χ1v) is 13.4. The average Bonchev–Trinajstić information content (AvgIpc) is 2.92. The predicted molar refractivity (Wildman–Crippen MR) is 148 cm³/mol. The fourth-order valence-electron chi connectivity index (χ4n) is 4.12. The Morgan fingerprint density at radius 2 is 1.51 bits per heavy atom. The fraction of sp³-hybridized carbons (Fsp3) is 0.100. The molecule has 0 aliphatic rings. The molecule has 0 aromatic heterocycles. The zero-order valence-electron chi connectivity index (χ0n) is 20.3. The lowest BCUT2D eigenvalue weighted by Crippen LogP contribution is -2.18. The van der Waals surface area contributed by atoms with Crippen LogP contribution in [0.15, 0.2) is 113 Å². The van der Waals surface area contributed by atoms with E-state index in [4.69, 9.17) is 9.47 Å². The zero-order chi connectivity index (χ0) is 25.7. The first kappa shape index (κ1) is 24.3. The Hall–Kier alpha value is -4.36. The lowest BCUT2D eigenvalue weighted by Gasteiger charge is -2.14. The minimum Gasteiger partial charge on any atom is -0.490 e. The van der Waals surface area contributed by atoms with Crippen molar-refractivity contribution in [2.75, 3.05) is 6.61 Å². The van der Waals surface area contributed by atoms with Crippen molar-refractivity contribution in [1.29, 1.82) is 0 Å². The highest BCUT2D eigenvalue weighted by Crippen LogP contribution is 2.30. The van der Waals surface area contributed by atoms with Crippen LogP contribution in [0.5, 0.6) is 11.5 Å². The van der Waals surface area contributed by atoms with E-state index in [0.717, 1.165) is 27.1 Å². The van der Waals surface area contributed by atoms with Gasteiger partial charge in [0.2, 0.25) is 0 Å². The Bertz CT molecular complexity index is 1690. The quantitative estimate of drug-likeness (QED) is 0.187. The van der Waals surface area contributed by atoms with Crippen molar-refractivity contribution in [3.05, 3.63) is 114 Å². The van der Waals surface area contributed by atoms with E-state index >= 15 is 0 Å². The Balaban J connectivity index is 1.30. The summed E-state index contributed by atoms with van der Waals surface area (Å²) in [6, 6.07) is 32.3. The van der Waals surface area contributed by atoms with E-state index in [2.05, 4.69) is 28.1 Å². The summed E-state index contributed by atoms with van der Waals surface area (Å²) in [6.07, 6.45) is 1.44. The van der Waals surface area contributed by atoms with Gasteiger partial charge >= 0.3 is 0 Å². The third-order valence-electron chi connectivity index (χ3n) is 5.95. The van der Waals surface area contributed by atoms with Gasteiger partial charge in [-0.25, -0.2) is 4.83 Å². The Kier molecular flexibility index (Phi) is 7.05. The predicted octanol–water partition coefficient (Wildman–Crippen LogP) is 6.28. The molecule has 6 nitrogen and oxygen atoms in total. The Morgan fingerprint density at radius 1 is 0.757 bits per heavy atom. The largest absolute Gasteiger partial charge is 0.490 e. The van der Waals surface area contributed by atoms with E-state index in [-0.39, 0.29) is 4.90 Å². The molecule has 0 unspecified atom stereocenters. The third-order valence-corrected chi connectivity index (χ3v) is 7.17. The van der Waals surface area contributed by atoms with Crippen LogP contribution in [0.3, 0.4) is 0 Å². The van der Waals surface area contributed by atoms with Gasteiger partial charge in [-0.1, -0.05) is 72.8 Å². The molecule has 5 rings (SSSR count). The summed E-state index contributed by atoms with van der Waals surface area (Å²) in [5.41, 5.74) is 1.75. The highest BCUT2D eigenvalue weighted by Gasteiger charge is 2.13. The van der Waals surface area contributed by atoms with Crippen molar-refractivity contribution in [2.45, 2.75) is 18.4 Å². The normalized spacial score (nSPS) is 11.7. The molecule has 0 bridgehead atoms. The number of hydrogen-bond acceptors (Lipinski definition) is 5. The minimum atomic E-state index is -3.81. The van der Waals surface area contributed by atoms with Crippen molar-refractivity contribution >= 4 is 37.8 Å². The van der Waals surface area contributed by atoms with E-state index in [9.17, 15) is 8.42 Å². The summed E-state index contributed by atoms with van der Waals surface area (Å²) >= 11 is 0. The molecule has 0 spiro atoms. The van der Waals surface area contributed by atoms with Crippen molar-refractivity contribution in [2.24, 2.45) is 5.10 Å². The van der Waals surface area contributed by atoms with Gasteiger partial charge in [-0.15, -0.1) is 0 Å². The number of hydrazone groups is 1. The number of rotatable bonds is 9. The number of benzene rings is 5. The lowest BCUT2D eigenvalue weighted by atomic mass is 10.1. The van der Waals surface area contributed by atoms with Crippen LogP contribution >= 0.6 is 0 Å². The van der Waals surface area contributed by atoms with Gasteiger partial charge in [0.15, 0.2) is 11.5 Å². The van der Waals surface area contributed by atoms with Crippen molar-refractivity contribution in [3.8, 4) is 11.5 Å². The molecule has 0 radical (unpaired) electrons. The van der Waals surface area contributed by atoms with Gasteiger partial charge in [0.05, 0.1) is 17.7 Å². The smallest absolute Gasteiger partial charge is 0.276 e. The maximum Gasteiger partial charge on any atom is 0.276 e. The molecule has 5 aromatic rings. The molecule has 5 aromatic carbocycles. The second kappa shape index (κ2) is 10.7. The SMILES string of the molecule is CCOc1cc(C=NNS(=O)(=O)c2ccc3ccccc3c2)ccc1OCc1cccc2ccccc12. The van der Waals surface area contributed by atoms with Gasteiger partial charge in [-0.2, -0.15) is 13.5 Å². The molecule has 7 heteroatoms. The molecule has 0 aliphatic carbocycles. The first-order valence-electron chi connectivity index (χ1n) is 11.9. The number of ether oxygens (including phenoxy) is 2. The van der Waals surface area contributed by atoms with E-state index in [0.29, 0.717) is 30.3 Å². The summed E-state index contributed by atoms with van der Waals surface area (Å²) < 4.78 is 37.4. The van der Waals surface area contributed by atoms with Crippen LogP contribution in [0.2, 0.25) is 0 Å². The Labute approximate surface area is 216 Å². The van der Waals surface area contributed by atoms with Crippen LogP contribution in [0, 0.1) is 0 Å². The maximum absolute atomic E-state index is 12.7. The maximum atomic E-state index is 12.7. The lowest BCUT2D eigenvalue weighted by molar-refractivity contribution is 0.270. The number of hydrogen-bond donors (Lipinski definition) is 1. The molecule has 1 N–H and O–H groups in total. The van der Waals surface area contributed by atoms with Crippen molar-refractivity contribution < 1.29 is 17.9 Å². The molecule has 0 amide bonds. The minimum absolute atomic E-state index is 0.149. The van der Waals surface area contributed by atoms with E-state index < -0.39 is 10.0 Å². The van der Waals surface area contributed by atoms with Gasteiger partial charge in [-0.05, 0) is 69.9 Å². The van der Waals surface area contributed by atoms with Crippen LogP contribution in [0.4, 0.5) is 0 Å². The standard InChI is InChI=1S/C30H26N2O4S/c1-2-35-30-18-22(14-17-29(30)36-21-26-12-7-11-24-9-5-6-13-28(24)26)20-31-32-37(33,34)27-16-15-23-8-3-4-10-25(23)19-27/h3-20,32H,2,21H2,1H3. The van der Waals surface area contributed by atoms with E-state index in [1.54, 1.807) is 36.4 Å². The van der Waals surface area contributed by atoms with Crippen LogP contribution in [-0.4, -0.2) is 21.2 Å². The van der Waals surface area contributed by atoms with Gasteiger partial charge in [-0.3, -0.25) is 0 Å². The monoisotopic (exact) mass is 510 g/mol. The van der Waals surface area contributed by atoms with Crippen LogP contribution < -0.4 is 14.3 Å². The van der Waals surface area contributed by atoms with Crippen molar-refractivity contribution in [3.63, 3.8) is 0 Å². The highest BCUT2D eigenvalue weighted by atomic mass is 32.2. The molecule has 0 aliphatic heterocycles. The summed E-state index contributed by atoms with van der Waals surface area (Å²) in [7, 11) is -3.81. The van der Waals surface area contributed by atoms with Gasteiger partial charge < -0.3 is 9.47 Å². The van der Waals surface area contributed by atoms with Crippen LogP contribution in [0.1, 0.15) is 18.1 Å². The third kappa shape index (κ3) is 5.57. The van der Waals surface area contributed by atoms with Crippen molar-refractivity contribution in [1.82, 2.24) is 4.83 Å². The molecule has 0 atom stereocenters. The van der Waals surface area contributed by atoms with Gasteiger partial charge in [0.1, 0.15) is 6.61 Å². The summed E-state index contributed by atoms with van der Waals surface area (Å²) in [5.74, 6) is 1.16. The molecule has 0 heterocycles. The van der Waals surface area contributed by atoms with E-state index in [1.165, 1.54) is 6.21 Å². The van der Waals surface area contributed by atoms with Gasteiger partial charge in [0, 0.05) is 0 Å². The fourth-order valence-corrected chi connectivity index (χ4v) is 4.95. The second-order valence-corrected chi connectivity index (χ2v) is 10.1. The average molecular weight is 511 g/mol. The molecule has 0 saturated heterocycles. The molecule has 0 saturated carbocycles. The summed E-state index contributed by atoms with van der Waals surface area (Å²) in [5, 5.41) is 8.08. The summed E-state index contributed by atoms with van der Waals surface area (Å²) in [4.78, 5) is 2.44. The van der Waals surface area contributed by atoms with Crippen LogP contribution in [-0.2, 0) is 16.6 Å². The number of nitrogens with zero attached hydrogens (tertiary/aromatic N) is 1.